The number of aromatic nitrogens is 1. The number of imide groups is 1. The Morgan fingerprint density at radius 1 is 1.18 bits per heavy atom. The normalized spacial score (nSPS) is 22.7. The van der Waals surface area contributed by atoms with Crippen LogP contribution in [-0.2, 0) is 9.59 Å². The van der Waals surface area contributed by atoms with Crippen LogP contribution >= 0.6 is 11.3 Å². The number of thiazole rings is 1. The van der Waals surface area contributed by atoms with Crippen LogP contribution in [0.1, 0.15) is 38.2 Å². The van der Waals surface area contributed by atoms with Crippen LogP contribution in [0.25, 0.3) is 10.2 Å². The number of urea groups is 1. The van der Waals surface area contributed by atoms with Gasteiger partial charge in [0.1, 0.15) is 12.1 Å². The fourth-order valence-electron chi connectivity index (χ4n) is 4.96. The highest BCUT2D eigenvalue weighted by molar-refractivity contribution is 7.22. The lowest BCUT2D eigenvalue weighted by atomic mass is 9.73. The predicted molar refractivity (Wildman–Crippen MR) is 129 cm³/mol. The molecule has 4 amide bonds. The van der Waals surface area contributed by atoms with Crippen molar-refractivity contribution < 1.29 is 14.4 Å². The van der Waals surface area contributed by atoms with E-state index in [1.165, 1.54) is 16.2 Å². The Labute approximate surface area is 196 Å². The van der Waals surface area contributed by atoms with Gasteiger partial charge < -0.3 is 5.32 Å². The Morgan fingerprint density at radius 2 is 1.94 bits per heavy atom. The van der Waals surface area contributed by atoms with E-state index in [4.69, 9.17) is 0 Å². The summed E-state index contributed by atoms with van der Waals surface area (Å²) in [4.78, 5) is 47.2. The number of hydrogen-bond acceptors (Lipinski definition) is 5. The van der Waals surface area contributed by atoms with Crippen LogP contribution in [-0.4, -0.2) is 39.8 Å². The lowest BCUT2D eigenvalue weighted by molar-refractivity contribution is -0.136. The monoisotopic (exact) mass is 462 g/mol. The number of carbonyl (C=O) groups excluding carboxylic acids is 3. The Hall–Kier alpha value is -3.26. The van der Waals surface area contributed by atoms with Gasteiger partial charge in [-0.15, -0.1) is 0 Å². The molecule has 2 heterocycles. The van der Waals surface area contributed by atoms with E-state index in [0.717, 1.165) is 39.9 Å². The van der Waals surface area contributed by atoms with Gasteiger partial charge in [-0.3, -0.25) is 19.4 Å². The number of rotatable bonds is 4. The predicted octanol–water partition coefficient (Wildman–Crippen LogP) is 4.77. The Morgan fingerprint density at radius 3 is 2.70 bits per heavy atom. The second-order valence-corrected chi connectivity index (χ2v) is 9.93. The van der Waals surface area contributed by atoms with E-state index in [-0.39, 0.29) is 24.3 Å². The van der Waals surface area contributed by atoms with Gasteiger partial charge in [-0.1, -0.05) is 61.4 Å². The maximum absolute atomic E-state index is 13.7. The van der Waals surface area contributed by atoms with Crippen molar-refractivity contribution in [3.8, 4) is 0 Å². The second-order valence-electron chi connectivity index (χ2n) is 8.92. The average Bonchev–Trinajstić information content (AvgIpc) is 3.32. The second kappa shape index (κ2) is 8.26. The highest BCUT2D eigenvalue weighted by Gasteiger charge is 2.55. The zero-order chi connectivity index (χ0) is 23.2. The quantitative estimate of drug-likeness (QED) is 0.566. The van der Waals surface area contributed by atoms with Gasteiger partial charge >= 0.3 is 6.03 Å². The molecule has 1 N–H and O–H groups in total. The van der Waals surface area contributed by atoms with Crippen molar-refractivity contribution in [1.29, 1.82) is 0 Å². The molecule has 0 bridgehead atoms. The summed E-state index contributed by atoms with van der Waals surface area (Å²) in [5.74, 6) is -0.617. The van der Waals surface area contributed by atoms with E-state index in [9.17, 15) is 14.4 Å². The molecule has 2 unspecified atom stereocenters. The summed E-state index contributed by atoms with van der Waals surface area (Å²) >= 11 is 1.41. The summed E-state index contributed by atoms with van der Waals surface area (Å²) in [6, 6.07) is 14.8. The van der Waals surface area contributed by atoms with E-state index < -0.39 is 11.6 Å². The number of amides is 4. The molecule has 2 atom stereocenters. The summed E-state index contributed by atoms with van der Waals surface area (Å²) < 4.78 is 0.962. The van der Waals surface area contributed by atoms with Crippen molar-refractivity contribution in [2.24, 2.45) is 5.92 Å². The zero-order valence-corrected chi connectivity index (χ0v) is 19.5. The van der Waals surface area contributed by atoms with Gasteiger partial charge in [-0.25, -0.2) is 9.78 Å². The molecule has 8 heteroatoms. The molecule has 3 aromatic rings. The Balaban J connectivity index is 1.50. The van der Waals surface area contributed by atoms with Gasteiger partial charge in [-0.05, 0) is 49.4 Å². The number of nitrogens with one attached hydrogen (secondary N) is 1. The largest absolute Gasteiger partial charge is 0.325 e. The number of para-hydroxylation sites is 2. The molecular weight excluding hydrogens is 436 g/mol. The number of anilines is 2. The van der Waals surface area contributed by atoms with Crippen LogP contribution < -0.4 is 10.2 Å². The summed E-state index contributed by atoms with van der Waals surface area (Å²) in [7, 11) is 0. The average molecular weight is 463 g/mol. The van der Waals surface area contributed by atoms with Crippen LogP contribution in [0.15, 0.2) is 48.5 Å². The fourth-order valence-corrected chi connectivity index (χ4v) is 5.96. The molecule has 2 aromatic carbocycles. The molecular formula is C25H26N4O3S. The first-order valence-corrected chi connectivity index (χ1v) is 12.1. The van der Waals surface area contributed by atoms with Gasteiger partial charge in [0.25, 0.3) is 11.8 Å². The molecule has 2 fully saturated rings. The highest BCUT2D eigenvalue weighted by atomic mass is 32.1. The molecule has 1 saturated heterocycles. The van der Waals surface area contributed by atoms with Gasteiger partial charge in [0.05, 0.1) is 15.9 Å². The zero-order valence-electron chi connectivity index (χ0n) is 18.7. The SMILES string of the molecule is Cc1ccccc1N(C(=O)CN1C(=O)NC2(CCCCC2C)C1=O)c1nc2ccccc2s1. The van der Waals surface area contributed by atoms with Gasteiger partial charge in [0.2, 0.25) is 0 Å². The topological polar surface area (TPSA) is 82.6 Å². The first-order valence-electron chi connectivity index (χ1n) is 11.3. The minimum absolute atomic E-state index is 0.0412. The van der Waals surface area contributed by atoms with Crippen LogP contribution in [0, 0.1) is 12.8 Å². The summed E-state index contributed by atoms with van der Waals surface area (Å²) in [5.41, 5.74) is 1.50. The van der Waals surface area contributed by atoms with Crippen LogP contribution in [0.2, 0.25) is 0 Å². The highest BCUT2D eigenvalue weighted by Crippen LogP contribution is 2.39. The van der Waals surface area contributed by atoms with Crippen LogP contribution in [0.4, 0.5) is 15.6 Å². The first-order chi connectivity index (χ1) is 15.9. The maximum Gasteiger partial charge on any atom is 0.325 e. The van der Waals surface area contributed by atoms with Crippen molar-refractivity contribution in [1.82, 2.24) is 15.2 Å². The Bertz CT molecular complexity index is 1220. The minimum Gasteiger partial charge on any atom is -0.323 e. The molecule has 1 saturated carbocycles. The van der Waals surface area contributed by atoms with Crippen LogP contribution in [0.3, 0.4) is 0 Å². The van der Waals surface area contributed by atoms with Crippen molar-refractivity contribution in [2.45, 2.75) is 45.1 Å². The summed E-state index contributed by atoms with van der Waals surface area (Å²) in [6.45, 7) is 3.60. The molecule has 2 aliphatic rings. The van der Waals surface area contributed by atoms with E-state index in [2.05, 4.69) is 10.3 Å². The minimum atomic E-state index is -0.890. The maximum atomic E-state index is 13.7. The number of fused-ring (bicyclic) bond motifs is 1. The molecule has 1 aliphatic carbocycles. The first kappa shape index (κ1) is 21.6. The van der Waals surface area contributed by atoms with Gasteiger partial charge in [-0.2, -0.15) is 0 Å². The number of nitrogens with zero attached hydrogens (tertiary/aromatic N) is 3. The summed E-state index contributed by atoms with van der Waals surface area (Å²) in [5, 5.41) is 3.45. The number of hydrogen-bond donors (Lipinski definition) is 1. The van der Waals surface area contributed by atoms with Gasteiger partial charge in [0, 0.05) is 0 Å². The van der Waals surface area contributed by atoms with E-state index >= 15 is 0 Å². The number of benzene rings is 2. The third-order valence-electron chi connectivity index (χ3n) is 6.87. The standard InChI is InChI=1S/C25H26N4O3S/c1-16-9-3-5-12-19(16)29(24-26-18-11-4-6-13-20(18)33-24)21(30)15-28-22(31)25(27-23(28)32)14-8-7-10-17(25)2/h3-6,9,11-13,17H,7-8,10,14-15H2,1-2H3,(H,27,32). The third-order valence-corrected chi connectivity index (χ3v) is 7.90. The van der Waals surface area contributed by atoms with Crippen molar-refractivity contribution in [3.63, 3.8) is 0 Å². The van der Waals surface area contributed by atoms with E-state index in [1.54, 1.807) is 0 Å². The van der Waals surface area contributed by atoms with Crippen molar-refractivity contribution in [3.05, 3.63) is 54.1 Å². The summed E-state index contributed by atoms with van der Waals surface area (Å²) in [6.07, 6.45) is 3.43. The molecule has 33 heavy (non-hydrogen) atoms. The number of carbonyl (C=O) groups is 3. The Kier molecular flexibility index (Phi) is 5.40. The molecule has 7 nitrogen and oxygen atoms in total. The smallest absolute Gasteiger partial charge is 0.323 e. The molecule has 170 valence electrons. The lowest BCUT2D eigenvalue weighted by Crippen LogP contribution is -2.54. The molecule has 1 aliphatic heterocycles. The van der Waals surface area contributed by atoms with Crippen molar-refractivity contribution >= 4 is 50.2 Å². The number of aryl methyl sites for hydroxylation is 1. The van der Waals surface area contributed by atoms with Crippen molar-refractivity contribution in [2.75, 3.05) is 11.4 Å². The van der Waals surface area contributed by atoms with E-state index in [1.807, 2.05) is 62.4 Å². The fraction of sp³-hybridized carbons (Fsp3) is 0.360. The third kappa shape index (κ3) is 3.58. The molecule has 0 radical (unpaired) electrons. The molecule has 1 spiro atoms. The van der Waals surface area contributed by atoms with Crippen LogP contribution in [0.5, 0.6) is 0 Å². The molecule has 5 rings (SSSR count). The lowest BCUT2D eigenvalue weighted by Gasteiger charge is -2.36. The van der Waals surface area contributed by atoms with E-state index in [0.29, 0.717) is 17.2 Å². The van der Waals surface area contributed by atoms with Gasteiger partial charge in [0.15, 0.2) is 5.13 Å². The molecule has 1 aromatic heterocycles.